The Kier molecular flexibility index (Phi) is 7.79. The van der Waals surface area contributed by atoms with Gasteiger partial charge in [0.15, 0.2) is 0 Å². The minimum atomic E-state index is -0.682. The van der Waals surface area contributed by atoms with Gasteiger partial charge in [-0.2, -0.15) is 11.8 Å². The van der Waals surface area contributed by atoms with E-state index in [1.807, 2.05) is 32.0 Å². The van der Waals surface area contributed by atoms with Crippen LogP contribution in [0.1, 0.15) is 24.0 Å². The van der Waals surface area contributed by atoms with Crippen molar-refractivity contribution >= 4 is 35.0 Å². The summed E-state index contributed by atoms with van der Waals surface area (Å²) in [5.41, 5.74) is 2.69. The van der Waals surface area contributed by atoms with Crippen molar-refractivity contribution in [3.05, 3.63) is 59.2 Å². The van der Waals surface area contributed by atoms with E-state index in [4.69, 9.17) is 0 Å². The van der Waals surface area contributed by atoms with Gasteiger partial charge < -0.3 is 10.6 Å². The molecule has 2 N–H and O–H groups in total. The van der Waals surface area contributed by atoms with Gasteiger partial charge in [0, 0.05) is 18.2 Å². The number of halogens is 2. The van der Waals surface area contributed by atoms with Crippen molar-refractivity contribution in [2.24, 2.45) is 0 Å². The number of thioether (sulfide) groups is 1. The summed E-state index contributed by atoms with van der Waals surface area (Å²) >= 11 is 1.34. The van der Waals surface area contributed by atoms with Crippen LogP contribution in [-0.2, 0) is 9.59 Å². The van der Waals surface area contributed by atoms with Crippen molar-refractivity contribution in [1.29, 1.82) is 0 Å². The Bertz CT molecular complexity index is 807. The molecule has 2 rings (SSSR count). The maximum Gasteiger partial charge on any atom is 0.234 e. The van der Waals surface area contributed by atoms with E-state index < -0.39 is 17.5 Å². The third-order valence-corrected chi connectivity index (χ3v) is 4.92. The van der Waals surface area contributed by atoms with Crippen molar-refractivity contribution in [2.75, 3.05) is 22.1 Å². The van der Waals surface area contributed by atoms with E-state index in [2.05, 4.69) is 10.6 Å². The summed E-state index contributed by atoms with van der Waals surface area (Å²) in [5.74, 6) is -1.07. The Morgan fingerprint density at radius 1 is 1.00 bits per heavy atom. The molecule has 0 aliphatic heterocycles. The Morgan fingerprint density at radius 3 is 2.41 bits per heavy atom. The Labute approximate surface area is 161 Å². The fraction of sp³-hybridized carbons (Fsp3) is 0.300. The Morgan fingerprint density at radius 2 is 1.70 bits per heavy atom. The third-order valence-electron chi connectivity index (χ3n) is 3.87. The van der Waals surface area contributed by atoms with Gasteiger partial charge in [-0.1, -0.05) is 18.2 Å². The molecule has 0 heterocycles. The number of hydrogen-bond acceptors (Lipinski definition) is 3. The summed E-state index contributed by atoms with van der Waals surface area (Å²) in [7, 11) is 0. The molecule has 4 nitrogen and oxygen atoms in total. The van der Waals surface area contributed by atoms with Gasteiger partial charge in [-0.25, -0.2) is 8.78 Å². The molecule has 0 fully saturated rings. The van der Waals surface area contributed by atoms with Crippen molar-refractivity contribution in [1.82, 2.24) is 0 Å². The van der Waals surface area contributed by atoms with Crippen molar-refractivity contribution in [2.45, 2.75) is 26.7 Å². The van der Waals surface area contributed by atoms with Crippen LogP contribution >= 0.6 is 11.8 Å². The summed E-state index contributed by atoms with van der Waals surface area (Å²) in [6.45, 7) is 3.89. The largest absolute Gasteiger partial charge is 0.326 e. The minimum absolute atomic E-state index is 0.0701. The van der Waals surface area contributed by atoms with Crippen LogP contribution in [0.4, 0.5) is 20.2 Å². The number of aryl methyl sites for hydroxylation is 2. The molecule has 0 bridgehead atoms. The average Bonchev–Trinajstić information content (AvgIpc) is 2.61. The molecule has 0 unspecified atom stereocenters. The van der Waals surface area contributed by atoms with Crippen LogP contribution in [0.2, 0.25) is 0 Å². The molecule has 0 aliphatic carbocycles. The van der Waals surface area contributed by atoms with Crippen LogP contribution in [0.15, 0.2) is 36.4 Å². The molecule has 0 atom stereocenters. The van der Waals surface area contributed by atoms with Gasteiger partial charge in [0.05, 0.1) is 11.4 Å². The number of para-hydroxylation sites is 1. The molecule has 0 radical (unpaired) electrons. The van der Waals surface area contributed by atoms with Crippen LogP contribution in [0.3, 0.4) is 0 Å². The van der Waals surface area contributed by atoms with E-state index in [-0.39, 0.29) is 17.3 Å². The Balaban J connectivity index is 1.67. The molecule has 0 aromatic heterocycles. The highest BCUT2D eigenvalue weighted by Gasteiger charge is 2.10. The second-order valence-corrected chi connectivity index (χ2v) is 7.25. The molecule has 0 saturated heterocycles. The average molecular weight is 392 g/mol. The van der Waals surface area contributed by atoms with Crippen molar-refractivity contribution in [3.8, 4) is 0 Å². The third kappa shape index (κ3) is 6.67. The number of anilines is 2. The van der Waals surface area contributed by atoms with Gasteiger partial charge in [0.1, 0.15) is 11.6 Å². The van der Waals surface area contributed by atoms with E-state index >= 15 is 0 Å². The van der Waals surface area contributed by atoms with E-state index in [0.29, 0.717) is 18.6 Å². The molecule has 2 aromatic rings. The zero-order chi connectivity index (χ0) is 19.8. The molecule has 2 amide bonds. The predicted octanol–water partition coefficient (Wildman–Crippen LogP) is 4.67. The second kappa shape index (κ2) is 10.1. The maximum absolute atomic E-state index is 13.5. The summed E-state index contributed by atoms with van der Waals surface area (Å²) in [6.07, 6.45) is 0.962. The number of amides is 2. The first-order valence-corrected chi connectivity index (χ1v) is 9.71. The zero-order valence-electron chi connectivity index (χ0n) is 15.3. The van der Waals surface area contributed by atoms with Crippen molar-refractivity contribution < 1.29 is 18.4 Å². The number of benzene rings is 2. The normalized spacial score (nSPS) is 10.5. The standard InChI is InChI=1S/C20H22F2N2O2S/c1-13-5-3-6-14(2)20(13)24-18(25)7-4-10-27-12-19(26)23-17-11-15(21)8-9-16(17)22/h3,5-6,8-9,11H,4,7,10,12H2,1-2H3,(H,23,26)(H,24,25). The molecule has 0 aliphatic rings. The molecule has 27 heavy (non-hydrogen) atoms. The summed E-state index contributed by atoms with van der Waals surface area (Å²) in [4.78, 5) is 23.8. The molecule has 7 heteroatoms. The number of nitrogens with one attached hydrogen (secondary N) is 2. The van der Waals surface area contributed by atoms with Crippen LogP contribution in [0, 0.1) is 25.5 Å². The fourth-order valence-electron chi connectivity index (χ4n) is 2.49. The van der Waals surface area contributed by atoms with Gasteiger partial charge >= 0.3 is 0 Å². The first-order chi connectivity index (χ1) is 12.9. The number of carbonyl (C=O) groups is 2. The summed E-state index contributed by atoms with van der Waals surface area (Å²) < 4.78 is 26.5. The van der Waals surface area contributed by atoms with Crippen LogP contribution in [-0.4, -0.2) is 23.3 Å². The van der Waals surface area contributed by atoms with Gasteiger partial charge in [-0.05, 0) is 49.3 Å². The molecule has 0 saturated carbocycles. The van der Waals surface area contributed by atoms with Gasteiger partial charge in [-0.3, -0.25) is 9.59 Å². The van der Waals surface area contributed by atoms with Crippen LogP contribution in [0.5, 0.6) is 0 Å². The summed E-state index contributed by atoms with van der Waals surface area (Å²) in [5, 5.41) is 5.26. The number of rotatable bonds is 8. The lowest BCUT2D eigenvalue weighted by Gasteiger charge is -2.11. The molecular weight excluding hydrogens is 370 g/mol. The van der Waals surface area contributed by atoms with Gasteiger partial charge in [-0.15, -0.1) is 0 Å². The van der Waals surface area contributed by atoms with Crippen LogP contribution < -0.4 is 10.6 Å². The monoisotopic (exact) mass is 392 g/mol. The smallest absolute Gasteiger partial charge is 0.234 e. The van der Waals surface area contributed by atoms with Crippen LogP contribution in [0.25, 0.3) is 0 Å². The fourth-order valence-corrected chi connectivity index (χ4v) is 3.24. The first-order valence-electron chi connectivity index (χ1n) is 8.55. The highest BCUT2D eigenvalue weighted by Crippen LogP contribution is 2.20. The van der Waals surface area contributed by atoms with E-state index in [9.17, 15) is 18.4 Å². The lowest BCUT2D eigenvalue weighted by Crippen LogP contribution is -2.16. The lowest BCUT2D eigenvalue weighted by atomic mass is 10.1. The zero-order valence-corrected chi connectivity index (χ0v) is 16.1. The van der Waals surface area contributed by atoms with Crippen molar-refractivity contribution in [3.63, 3.8) is 0 Å². The van der Waals surface area contributed by atoms with E-state index in [1.54, 1.807) is 0 Å². The Hall–Kier alpha value is -2.41. The topological polar surface area (TPSA) is 58.2 Å². The number of carbonyl (C=O) groups excluding carboxylic acids is 2. The van der Waals surface area contributed by atoms with E-state index in [1.165, 1.54) is 11.8 Å². The first kappa shape index (κ1) is 20.9. The number of hydrogen-bond donors (Lipinski definition) is 2. The highest BCUT2D eigenvalue weighted by atomic mass is 32.2. The van der Waals surface area contributed by atoms with E-state index in [0.717, 1.165) is 35.0 Å². The molecular formula is C20H22F2N2O2S. The molecule has 144 valence electrons. The lowest BCUT2D eigenvalue weighted by molar-refractivity contribution is -0.116. The maximum atomic E-state index is 13.5. The quantitative estimate of drug-likeness (QED) is 0.642. The summed E-state index contributed by atoms with van der Waals surface area (Å²) in [6, 6.07) is 8.72. The second-order valence-electron chi connectivity index (χ2n) is 6.14. The molecule has 2 aromatic carbocycles. The SMILES string of the molecule is Cc1cccc(C)c1NC(=O)CCCSCC(=O)Nc1cc(F)ccc1F. The van der Waals surface area contributed by atoms with Gasteiger partial charge in [0.25, 0.3) is 0 Å². The minimum Gasteiger partial charge on any atom is -0.326 e. The predicted molar refractivity (Wildman–Crippen MR) is 106 cm³/mol. The van der Waals surface area contributed by atoms with Gasteiger partial charge in [0.2, 0.25) is 11.8 Å². The highest BCUT2D eigenvalue weighted by molar-refractivity contribution is 7.99. The molecule has 0 spiro atoms.